The number of ether oxygens (including phenoxy) is 1. The minimum Gasteiger partial charge on any atom is -0.479 e. The van der Waals surface area contributed by atoms with Gasteiger partial charge in [0.25, 0.3) is 0 Å². The molecule has 1 saturated heterocycles. The third-order valence-corrected chi connectivity index (χ3v) is 6.18. The van der Waals surface area contributed by atoms with Gasteiger partial charge in [-0.25, -0.2) is 4.98 Å². The van der Waals surface area contributed by atoms with Crippen LogP contribution in [0.4, 0.5) is 5.82 Å². The van der Waals surface area contributed by atoms with Crippen molar-refractivity contribution in [2.45, 2.75) is 0 Å². The maximum atomic E-state index is 11.9. The number of piperazine rings is 1. The molecule has 1 aliphatic rings. The van der Waals surface area contributed by atoms with E-state index in [4.69, 9.17) is 27.9 Å². The number of nitrogens with one attached hydrogen (secondary N) is 1. The number of hydrogen-bond acceptors (Lipinski definition) is 8. The highest BCUT2D eigenvalue weighted by atomic mass is 35.5. The van der Waals surface area contributed by atoms with Crippen molar-refractivity contribution in [3.63, 3.8) is 0 Å². The van der Waals surface area contributed by atoms with Gasteiger partial charge in [-0.1, -0.05) is 29.8 Å². The normalized spacial score (nSPS) is 14.1. The minimum absolute atomic E-state index is 0.117. The molecule has 0 unspecified atom stereocenters. The first-order chi connectivity index (χ1) is 16.0. The Morgan fingerprint density at radius 2 is 2.00 bits per heavy atom. The van der Waals surface area contributed by atoms with E-state index in [-0.39, 0.29) is 27.6 Å². The average Bonchev–Trinajstić information content (AvgIpc) is 3.29. The molecule has 168 valence electrons. The van der Waals surface area contributed by atoms with Crippen LogP contribution < -0.4 is 9.64 Å². The zero-order valence-corrected chi connectivity index (χ0v) is 18.6. The quantitative estimate of drug-likeness (QED) is 0.421. The first-order valence-corrected chi connectivity index (χ1v) is 10.7. The lowest BCUT2D eigenvalue weighted by atomic mass is 10.2. The maximum Gasteiger partial charge on any atom is 0.316 e. The van der Waals surface area contributed by atoms with Gasteiger partial charge in [-0.05, 0) is 18.2 Å². The number of benzene rings is 1. The zero-order chi connectivity index (χ0) is 23.1. The van der Waals surface area contributed by atoms with Crippen LogP contribution in [0.15, 0.2) is 37.2 Å². The number of H-pyrrole nitrogens is 1. The topological polar surface area (TPSA) is 120 Å². The predicted molar refractivity (Wildman–Crippen MR) is 124 cm³/mol. The van der Waals surface area contributed by atoms with E-state index in [9.17, 15) is 9.90 Å². The third-order valence-electron chi connectivity index (χ3n) is 5.41. The summed E-state index contributed by atoms with van der Waals surface area (Å²) in [6, 6.07) is 2.97. The predicted octanol–water partition coefficient (Wildman–Crippen LogP) is 3.54. The lowest BCUT2D eigenvalue weighted by Crippen LogP contribution is -2.48. The number of carbonyl (C=O) groups is 1. The van der Waals surface area contributed by atoms with Crippen LogP contribution in [0, 0.1) is 0 Å². The number of aromatic hydroxyl groups is 1. The van der Waals surface area contributed by atoms with Gasteiger partial charge in [0.1, 0.15) is 16.4 Å². The summed E-state index contributed by atoms with van der Waals surface area (Å²) in [6.07, 6.45) is 4.43. The fraction of sp³-hybridized carbons (Fsp3) is 0.190. The number of hydrogen-bond donors (Lipinski definition) is 2. The molecular formula is C21H17Cl2N7O3. The van der Waals surface area contributed by atoms with E-state index in [0.717, 1.165) is 0 Å². The number of aromatic nitrogens is 5. The standard InChI is InChI=1S/C21H17Cl2N7O3/c1-2-15(31)29-5-7-30(8-6-29)19-11-3-4-24-20(17(11)26-21(32)27-19)33-18-12-10-25-28-14(12)9-13(22)16(18)23/h2-4,9-10H,1,5-8H2,(H,25,28)(H,26,27,32). The van der Waals surface area contributed by atoms with E-state index in [2.05, 4.69) is 31.7 Å². The Kier molecular flexibility index (Phi) is 5.39. The van der Waals surface area contributed by atoms with Gasteiger partial charge in [0.05, 0.1) is 27.5 Å². The molecule has 1 amide bonds. The molecule has 1 aromatic carbocycles. The van der Waals surface area contributed by atoms with Crippen LogP contribution in [0.3, 0.4) is 0 Å². The summed E-state index contributed by atoms with van der Waals surface area (Å²) >= 11 is 12.7. The van der Waals surface area contributed by atoms with E-state index in [1.165, 1.54) is 6.08 Å². The molecule has 4 heterocycles. The summed E-state index contributed by atoms with van der Waals surface area (Å²) in [7, 11) is 0. The van der Waals surface area contributed by atoms with Crippen molar-refractivity contribution in [1.82, 2.24) is 30.0 Å². The van der Waals surface area contributed by atoms with Crippen LogP contribution in [0.1, 0.15) is 0 Å². The third kappa shape index (κ3) is 3.77. The molecule has 12 heteroatoms. The monoisotopic (exact) mass is 485 g/mol. The number of rotatable bonds is 4. The molecule has 0 bridgehead atoms. The van der Waals surface area contributed by atoms with Gasteiger partial charge in [-0.2, -0.15) is 15.1 Å². The summed E-state index contributed by atoms with van der Waals surface area (Å²) in [5, 5.41) is 18.8. The van der Waals surface area contributed by atoms with Crippen molar-refractivity contribution in [2.75, 3.05) is 31.1 Å². The van der Waals surface area contributed by atoms with E-state index in [1.54, 1.807) is 29.4 Å². The molecule has 4 aromatic rings. The molecule has 5 rings (SSSR count). The van der Waals surface area contributed by atoms with Crippen molar-refractivity contribution < 1.29 is 14.6 Å². The fourth-order valence-electron chi connectivity index (χ4n) is 3.79. The largest absolute Gasteiger partial charge is 0.479 e. The Labute approximate surface area is 197 Å². The van der Waals surface area contributed by atoms with Crippen LogP contribution in [-0.4, -0.2) is 67.2 Å². The molecule has 33 heavy (non-hydrogen) atoms. The van der Waals surface area contributed by atoms with E-state index in [1.807, 2.05) is 4.90 Å². The van der Waals surface area contributed by atoms with Gasteiger partial charge in [0.15, 0.2) is 5.75 Å². The number of aromatic amines is 1. The van der Waals surface area contributed by atoms with Crippen molar-refractivity contribution >= 4 is 56.7 Å². The van der Waals surface area contributed by atoms with Gasteiger partial charge < -0.3 is 19.6 Å². The smallest absolute Gasteiger partial charge is 0.316 e. The van der Waals surface area contributed by atoms with Crippen LogP contribution in [0.2, 0.25) is 10.0 Å². The fourth-order valence-corrected chi connectivity index (χ4v) is 4.18. The van der Waals surface area contributed by atoms with Crippen LogP contribution in [0.5, 0.6) is 17.6 Å². The average molecular weight is 486 g/mol. The van der Waals surface area contributed by atoms with Crippen LogP contribution in [-0.2, 0) is 4.79 Å². The van der Waals surface area contributed by atoms with Gasteiger partial charge >= 0.3 is 6.01 Å². The number of halogens is 2. The molecule has 1 aliphatic heterocycles. The Morgan fingerprint density at radius 1 is 1.21 bits per heavy atom. The van der Waals surface area contributed by atoms with Gasteiger partial charge in [-0.3, -0.25) is 9.89 Å². The molecule has 0 saturated carbocycles. The number of amides is 1. The molecule has 2 N–H and O–H groups in total. The molecule has 0 aliphatic carbocycles. The molecule has 1 fully saturated rings. The van der Waals surface area contributed by atoms with E-state index >= 15 is 0 Å². The first kappa shape index (κ1) is 21.2. The molecular weight excluding hydrogens is 469 g/mol. The number of fused-ring (bicyclic) bond motifs is 2. The van der Waals surface area contributed by atoms with E-state index in [0.29, 0.717) is 53.8 Å². The van der Waals surface area contributed by atoms with Crippen LogP contribution >= 0.6 is 23.2 Å². The lowest BCUT2D eigenvalue weighted by Gasteiger charge is -2.35. The highest BCUT2D eigenvalue weighted by Gasteiger charge is 2.24. The minimum atomic E-state index is -0.425. The van der Waals surface area contributed by atoms with Crippen molar-refractivity contribution in [2.24, 2.45) is 0 Å². The molecule has 0 radical (unpaired) electrons. The Balaban J connectivity index is 1.55. The summed E-state index contributed by atoms with van der Waals surface area (Å²) in [5.74, 6) is 0.790. The number of pyridine rings is 1. The lowest BCUT2D eigenvalue weighted by molar-refractivity contribution is -0.126. The number of nitrogens with zero attached hydrogens (tertiary/aromatic N) is 6. The summed E-state index contributed by atoms with van der Waals surface area (Å²) in [5.41, 5.74) is 0.946. The molecule has 10 nitrogen and oxygen atoms in total. The number of anilines is 1. The summed E-state index contributed by atoms with van der Waals surface area (Å²) < 4.78 is 6.06. The van der Waals surface area contributed by atoms with Crippen molar-refractivity contribution in [3.05, 3.63) is 47.2 Å². The highest BCUT2D eigenvalue weighted by Crippen LogP contribution is 2.42. The number of carbonyl (C=O) groups excluding carboxylic acids is 1. The summed E-state index contributed by atoms with van der Waals surface area (Å²) in [6.45, 7) is 5.59. The van der Waals surface area contributed by atoms with Gasteiger partial charge in [0.2, 0.25) is 11.8 Å². The second-order valence-corrected chi connectivity index (χ2v) is 8.10. The SMILES string of the molecule is C=CC(=O)N1CCN(c2nc(O)nc3c(Oc4c(Cl)c(Cl)cc5[nH]ncc45)nccc23)CC1. The van der Waals surface area contributed by atoms with E-state index < -0.39 is 6.01 Å². The van der Waals surface area contributed by atoms with Crippen molar-refractivity contribution in [3.8, 4) is 17.6 Å². The highest BCUT2D eigenvalue weighted by molar-refractivity contribution is 6.44. The molecule has 3 aromatic heterocycles. The second kappa shape index (κ2) is 8.38. The van der Waals surface area contributed by atoms with Gasteiger partial charge in [0, 0.05) is 32.4 Å². The molecule has 0 spiro atoms. The molecule has 0 atom stereocenters. The van der Waals surface area contributed by atoms with Crippen LogP contribution in [0.25, 0.3) is 21.8 Å². The van der Waals surface area contributed by atoms with Gasteiger partial charge in [-0.15, -0.1) is 0 Å². The maximum absolute atomic E-state index is 11.9. The Hall–Kier alpha value is -3.63. The second-order valence-electron chi connectivity index (χ2n) is 7.31. The Morgan fingerprint density at radius 3 is 2.76 bits per heavy atom. The zero-order valence-electron chi connectivity index (χ0n) is 17.1. The first-order valence-electron chi connectivity index (χ1n) is 9.97. The summed E-state index contributed by atoms with van der Waals surface area (Å²) in [4.78, 5) is 28.3. The Bertz CT molecular complexity index is 1400. The van der Waals surface area contributed by atoms with Crippen molar-refractivity contribution in [1.29, 1.82) is 0 Å².